The molecule has 0 saturated carbocycles. The molecule has 0 spiro atoms. The molecule has 0 aliphatic carbocycles. The SMILES string of the molecule is Nc1nnc(SCc2cc(Br)ccc2F)s1. The molecule has 84 valence electrons. The highest BCUT2D eigenvalue weighted by Gasteiger charge is 2.06. The molecule has 0 atom stereocenters. The summed E-state index contributed by atoms with van der Waals surface area (Å²) in [5.41, 5.74) is 6.08. The van der Waals surface area contributed by atoms with Crippen LogP contribution in [-0.4, -0.2) is 10.2 Å². The smallest absolute Gasteiger partial charge is 0.203 e. The molecule has 1 aromatic carbocycles. The van der Waals surface area contributed by atoms with Gasteiger partial charge in [0, 0.05) is 10.2 Å². The van der Waals surface area contributed by atoms with Crippen LogP contribution < -0.4 is 5.73 Å². The van der Waals surface area contributed by atoms with Gasteiger partial charge in [-0.25, -0.2) is 4.39 Å². The van der Waals surface area contributed by atoms with Crippen LogP contribution in [-0.2, 0) is 5.75 Å². The fourth-order valence-electron chi connectivity index (χ4n) is 1.07. The molecule has 1 heterocycles. The molecule has 0 bridgehead atoms. The van der Waals surface area contributed by atoms with Crippen molar-refractivity contribution < 1.29 is 4.39 Å². The molecule has 16 heavy (non-hydrogen) atoms. The van der Waals surface area contributed by atoms with Crippen molar-refractivity contribution in [3.8, 4) is 0 Å². The van der Waals surface area contributed by atoms with Crippen molar-refractivity contribution in [2.24, 2.45) is 0 Å². The van der Waals surface area contributed by atoms with E-state index in [1.807, 2.05) is 0 Å². The first kappa shape index (κ1) is 11.8. The summed E-state index contributed by atoms with van der Waals surface area (Å²) in [6.45, 7) is 0. The Labute approximate surface area is 108 Å². The molecule has 0 amide bonds. The summed E-state index contributed by atoms with van der Waals surface area (Å²) in [7, 11) is 0. The van der Waals surface area contributed by atoms with Gasteiger partial charge in [0.1, 0.15) is 5.82 Å². The first-order chi connectivity index (χ1) is 7.65. The van der Waals surface area contributed by atoms with E-state index in [-0.39, 0.29) is 5.82 Å². The average Bonchev–Trinajstić information content (AvgIpc) is 2.66. The third-order valence-corrected chi connectivity index (χ3v) is 4.21. The van der Waals surface area contributed by atoms with Crippen molar-refractivity contribution in [3.05, 3.63) is 34.1 Å². The Bertz CT molecular complexity index is 503. The molecular formula is C9H7BrFN3S2. The molecule has 2 aromatic rings. The van der Waals surface area contributed by atoms with Gasteiger partial charge in [0.15, 0.2) is 4.34 Å². The number of nitrogen functional groups attached to an aromatic ring is 1. The van der Waals surface area contributed by atoms with Gasteiger partial charge in [-0.05, 0) is 23.8 Å². The van der Waals surface area contributed by atoms with E-state index >= 15 is 0 Å². The lowest BCUT2D eigenvalue weighted by molar-refractivity contribution is 0.617. The fourth-order valence-corrected chi connectivity index (χ4v) is 3.09. The van der Waals surface area contributed by atoms with Crippen molar-refractivity contribution in [2.45, 2.75) is 10.1 Å². The molecule has 0 radical (unpaired) electrons. The Morgan fingerprint density at radius 1 is 1.44 bits per heavy atom. The van der Waals surface area contributed by atoms with Gasteiger partial charge >= 0.3 is 0 Å². The third kappa shape index (κ3) is 2.93. The van der Waals surface area contributed by atoms with Gasteiger partial charge in [0.05, 0.1) is 0 Å². The highest BCUT2D eigenvalue weighted by Crippen LogP contribution is 2.28. The molecule has 0 saturated heterocycles. The molecule has 0 fully saturated rings. The zero-order chi connectivity index (χ0) is 11.5. The van der Waals surface area contributed by atoms with Gasteiger partial charge in [-0.3, -0.25) is 0 Å². The van der Waals surface area contributed by atoms with Crippen LogP contribution in [0.4, 0.5) is 9.52 Å². The summed E-state index contributed by atoms with van der Waals surface area (Å²) in [6, 6.07) is 4.87. The number of halogens is 2. The maximum atomic E-state index is 13.4. The summed E-state index contributed by atoms with van der Waals surface area (Å²) in [5.74, 6) is 0.299. The number of hydrogen-bond acceptors (Lipinski definition) is 5. The van der Waals surface area contributed by atoms with Crippen LogP contribution in [0.25, 0.3) is 0 Å². The highest BCUT2D eigenvalue weighted by molar-refractivity contribution is 9.10. The zero-order valence-electron chi connectivity index (χ0n) is 7.98. The molecule has 2 rings (SSSR count). The Morgan fingerprint density at radius 3 is 2.94 bits per heavy atom. The minimum Gasteiger partial charge on any atom is -0.374 e. The quantitative estimate of drug-likeness (QED) is 0.882. The number of hydrogen-bond donors (Lipinski definition) is 1. The second-order valence-electron chi connectivity index (χ2n) is 2.93. The van der Waals surface area contributed by atoms with Crippen LogP contribution in [0.2, 0.25) is 0 Å². The number of anilines is 1. The maximum absolute atomic E-state index is 13.4. The lowest BCUT2D eigenvalue weighted by Crippen LogP contribution is -1.87. The molecule has 2 N–H and O–H groups in total. The standard InChI is InChI=1S/C9H7BrFN3S2/c10-6-1-2-7(11)5(3-6)4-15-9-14-13-8(12)16-9/h1-3H,4H2,(H2,12,13). The molecule has 0 aliphatic rings. The molecule has 3 nitrogen and oxygen atoms in total. The Hall–Kier alpha value is -0.660. The Kier molecular flexibility index (Phi) is 3.78. The second-order valence-corrected chi connectivity index (χ2v) is 6.08. The van der Waals surface area contributed by atoms with Crippen molar-refractivity contribution >= 4 is 44.2 Å². The fraction of sp³-hybridized carbons (Fsp3) is 0.111. The van der Waals surface area contributed by atoms with Crippen molar-refractivity contribution in [2.75, 3.05) is 5.73 Å². The summed E-state index contributed by atoms with van der Waals surface area (Å²) in [4.78, 5) is 0. The number of benzene rings is 1. The predicted octanol–water partition coefficient (Wildman–Crippen LogP) is 3.31. The minimum atomic E-state index is -0.215. The summed E-state index contributed by atoms with van der Waals surface area (Å²) < 4.78 is 15.0. The van der Waals surface area contributed by atoms with Crippen LogP contribution in [0.15, 0.2) is 27.0 Å². The number of thioether (sulfide) groups is 1. The number of aromatic nitrogens is 2. The predicted molar refractivity (Wildman–Crippen MR) is 68.0 cm³/mol. The van der Waals surface area contributed by atoms with E-state index in [4.69, 9.17) is 5.73 Å². The maximum Gasteiger partial charge on any atom is 0.203 e. The summed E-state index contributed by atoms with van der Waals surface area (Å²) in [5, 5.41) is 7.97. The van der Waals surface area contributed by atoms with Crippen LogP contribution >= 0.6 is 39.0 Å². The van der Waals surface area contributed by atoms with E-state index in [1.165, 1.54) is 29.2 Å². The first-order valence-corrected chi connectivity index (χ1v) is 6.90. The molecular weight excluding hydrogens is 313 g/mol. The Balaban J connectivity index is 2.07. The number of nitrogens with two attached hydrogens (primary N) is 1. The normalized spacial score (nSPS) is 10.6. The topological polar surface area (TPSA) is 51.8 Å². The van der Waals surface area contributed by atoms with Crippen molar-refractivity contribution in [1.29, 1.82) is 0 Å². The van der Waals surface area contributed by atoms with Crippen LogP contribution in [0.1, 0.15) is 5.56 Å². The molecule has 1 aromatic heterocycles. The minimum absolute atomic E-state index is 0.215. The highest BCUT2D eigenvalue weighted by atomic mass is 79.9. The van der Waals surface area contributed by atoms with E-state index < -0.39 is 0 Å². The van der Waals surface area contributed by atoms with Crippen molar-refractivity contribution in [1.82, 2.24) is 10.2 Å². The summed E-state index contributed by atoms with van der Waals surface area (Å²) >= 11 is 6.03. The lowest BCUT2D eigenvalue weighted by Gasteiger charge is -2.01. The van der Waals surface area contributed by atoms with Crippen LogP contribution in [0.3, 0.4) is 0 Å². The third-order valence-electron chi connectivity index (χ3n) is 1.78. The van der Waals surface area contributed by atoms with Gasteiger partial charge in [-0.15, -0.1) is 10.2 Å². The largest absolute Gasteiger partial charge is 0.374 e. The van der Waals surface area contributed by atoms with Gasteiger partial charge in [-0.1, -0.05) is 39.0 Å². The van der Waals surface area contributed by atoms with E-state index in [2.05, 4.69) is 26.1 Å². The average molecular weight is 320 g/mol. The monoisotopic (exact) mass is 319 g/mol. The number of rotatable bonds is 3. The molecule has 0 unspecified atom stereocenters. The van der Waals surface area contributed by atoms with E-state index in [0.29, 0.717) is 16.4 Å². The lowest BCUT2D eigenvalue weighted by atomic mass is 10.2. The molecule has 0 aliphatic heterocycles. The van der Waals surface area contributed by atoms with Crippen LogP contribution in [0.5, 0.6) is 0 Å². The van der Waals surface area contributed by atoms with Gasteiger partial charge in [0.25, 0.3) is 0 Å². The first-order valence-electron chi connectivity index (χ1n) is 4.31. The van der Waals surface area contributed by atoms with E-state index in [1.54, 1.807) is 12.1 Å². The van der Waals surface area contributed by atoms with Crippen molar-refractivity contribution in [3.63, 3.8) is 0 Å². The van der Waals surface area contributed by atoms with E-state index in [0.717, 1.165) is 8.81 Å². The molecule has 7 heteroatoms. The zero-order valence-corrected chi connectivity index (χ0v) is 11.2. The van der Waals surface area contributed by atoms with Gasteiger partial charge in [0.2, 0.25) is 5.13 Å². The Morgan fingerprint density at radius 2 is 2.25 bits per heavy atom. The van der Waals surface area contributed by atoms with Crippen LogP contribution in [0, 0.1) is 5.82 Å². The second kappa shape index (κ2) is 5.11. The summed E-state index contributed by atoms with van der Waals surface area (Å²) in [6.07, 6.45) is 0. The van der Waals surface area contributed by atoms with Gasteiger partial charge in [-0.2, -0.15) is 0 Å². The number of nitrogens with zero attached hydrogens (tertiary/aromatic N) is 2. The van der Waals surface area contributed by atoms with Gasteiger partial charge < -0.3 is 5.73 Å². The van der Waals surface area contributed by atoms with E-state index in [9.17, 15) is 4.39 Å².